The molecular formula is C25H29FN4O3. The lowest BCUT2D eigenvalue weighted by molar-refractivity contribution is -0.0277. The second-order valence-corrected chi connectivity index (χ2v) is 8.61. The third-order valence-corrected chi connectivity index (χ3v) is 6.25. The number of nitrogens with zero attached hydrogens (tertiary/aromatic N) is 1. The van der Waals surface area contributed by atoms with Gasteiger partial charge in [0, 0.05) is 25.0 Å². The zero-order chi connectivity index (χ0) is 23.8. The normalized spacial score (nSPS) is 16.2. The average molecular weight is 453 g/mol. The Morgan fingerprint density at radius 1 is 1.36 bits per heavy atom. The minimum absolute atomic E-state index is 0.00413. The predicted molar refractivity (Wildman–Crippen MR) is 129 cm³/mol. The van der Waals surface area contributed by atoms with Crippen LogP contribution in [0, 0.1) is 5.82 Å². The monoisotopic (exact) mass is 452 g/mol. The maximum Gasteiger partial charge on any atom is 0.202 e. The Bertz CT molecular complexity index is 1260. The molecule has 0 saturated heterocycles. The van der Waals surface area contributed by atoms with E-state index in [0.29, 0.717) is 25.2 Å². The van der Waals surface area contributed by atoms with Crippen LogP contribution in [0.15, 0.2) is 47.6 Å². The summed E-state index contributed by atoms with van der Waals surface area (Å²) < 4.78 is 23.6. The van der Waals surface area contributed by atoms with E-state index in [-0.39, 0.29) is 33.9 Å². The highest BCUT2D eigenvalue weighted by atomic mass is 19.1. The van der Waals surface area contributed by atoms with E-state index in [0.717, 1.165) is 25.0 Å². The Kier molecular flexibility index (Phi) is 6.01. The average Bonchev–Trinajstić information content (AvgIpc) is 2.75. The number of hydrogen-bond donors (Lipinski definition) is 3. The molecule has 1 aromatic carbocycles. The number of Topliss-reactive ketones (excluding diaryl/α,β-unsaturated/α-hetero) is 1. The van der Waals surface area contributed by atoms with Crippen molar-refractivity contribution < 1.29 is 13.9 Å². The van der Waals surface area contributed by atoms with E-state index in [1.807, 2.05) is 35.8 Å². The van der Waals surface area contributed by atoms with Crippen LogP contribution in [0.5, 0.6) is 5.75 Å². The SMILES string of the molecule is C=C(/C=C\C=C/C)NCCNc1c(F)c(N)c2c(=O)c(C(C)=O)cn3c2c1OC1(CCC1)C3. The van der Waals surface area contributed by atoms with Gasteiger partial charge < -0.3 is 25.7 Å². The van der Waals surface area contributed by atoms with Crippen LogP contribution in [-0.4, -0.2) is 29.0 Å². The van der Waals surface area contributed by atoms with E-state index < -0.39 is 16.8 Å². The third-order valence-electron chi connectivity index (χ3n) is 6.25. The predicted octanol–water partition coefficient (Wildman–Crippen LogP) is 3.89. The van der Waals surface area contributed by atoms with Crippen LogP contribution in [0.3, 0.4) is 0 Å². The zero-order valence-corrected chi connectivity index (χ0v) is 19.0. The molecule has 2 aromatic rings. The molecular weight excluding hydrogens is 423 g/mol. The summed E-state index contributed by atoms with van der Waals surface area (Å²) in [6.45, 7) is 8.52. The first-order chi connectivity index (χ1) is 15.8. The van der Waals surface area contributed by atoms with Crippen molar-refractivity contribution in [2.75, 3.05) is 24.1 Å². The fourth-order valence-electron chi connectivity index (χ4n) is 4.40. The topological polar surface area (TPSA) is 98.4 Å². The maximum atomic E-state index is 15.5. The first-order valence-electron chi connectivity index (χ1n) is 11.1. The molecule has 0 unspecified atom stereocenters. The van der Waals surface area contributed by atoms with E-state index in [1.165, 1.54) is 6.92 Å². The van der Waals surface area contributed by atoms with Gasteiger partial charge in [-0.25, -0.2) is 4.39 Å². The van der Waals surface area contributed by atoms with Crippen LogP contribution < -0.4 is 26.5 Å². The number of halogens is 1. The number of carbonyl (C=O) groups is 1. The quantitative estimate of drug-likeness (QED) is 0.243. The van der Waals surface area contributed by atoms with Gasteiger partial charge >= 0.3 is 0 Å². The van der Waals surface area contributed by atoms with Gasteiger partial charge in [0.05, 0.1) is 28.7 Å². The van der Waals surface area contributed by atoms with Gasteiger partial charge in [0.15, 0.2) is 17.3 Å². The molecule has 1 spiro atoms. The van der Waals surface area contributed by atoms with Gasteiger partial charge in [0.25, 0.3) is 0 Å². The van der Waals surface area contributed by atoms with E-state index in [4.69, 9.17) is 10.5 Å². The number of rotatable bonds is 8. The van der Waals surface area contributed by atoms with Crippen LogP contribution in [0.1, 0.15) is 43.5 Å². The van der Waals surface area contributed by atoms with Crippen molar-refractivity contribution in [3.8, 4) is 5.75 Å². The Morgan fingerprint density at radius 3 is 2.76 bits per heavy atom. The molecule has 1 saturated carbocycles. The van der Waals surface area contributed by atoms with Gasteiger partial charge in [-0.2, -0.15) is 0 Å². The summed E-state index contributed by atoms with van der Waals surface area (Å²) in [5.74, 6) is -0.843. The van der Waals surface area contributed by atoms with Gasteiger partial charge in [-0.15, -0.1) is 0 Å². The number of nitrogens with two attached hydrogens (primary N) is 1. The van der Waals surface area contributed by atoms with E-state index in [2.05, 4.69) is 17.2 Å². The molecule has 2 heterocycles. The summed E-state index contributed by atoms with van der Waals surface area (Å²) in [5, 5.41) is 6.23. The molecule has 8 heteroatoms. The zero-order valence-electron chi connectivity index (χ0n) is 19.0. The van der Waals surface area contributed by atoms with E-state index >= 15 is 4.39 Å². The minimum atomic E-state index is -0.745. The standard InChI is InChI=1S/C25H29FN4O3/c1-4-5-6-8-15(2)28-11-12-29-21-19(26)20(27)18-22-24(21)33-25(9-7-10-25)14-30(22)13-17(16(3)31)23(18)32/h4-6,8,13,28-29H,2,7,9-12,14,27H2,1,3H3/b5-4-,8-6-. The molecule has 1 aliphatic heterocycles. The number of benzene rings is 1. The number of hydrogen-bond acceptors (Lipinski definition) is 6. The molecule has 0 atom stereocenters. The molecule has 1 aliphatic carbocycles. The smallest absolute Gasteiger partial charge is 0.202 e. The largest absolute Gasteiger partial charge is 0.481 e. The van der Waals surface area contributed by atoms with Crippen molar-refractivity contribution in [1.82, 2.24) is 9.88 Å². The summed E-state index contributed by atoms with van der Waals surface area (Å²) in [6, 6.07) is 0. The number of aromatic nitrogens is 1. The highest BCUT2D eigenvalue weighted by Crippen LogP contribution is 2.49. The number of carbonyl (C=O) groups excluding carboxylic acids is 1. The van der Waals surface area contributed by atoms with Crippen LogP contribution in [0.2, 0.25) is 0 Å². The van der Waals surface area contributed by atoms with Crippen LogP contribution in [0.25, 0.3) is 10.9 Å². The number of ketones is 1. The Morgan fingerprint density at radius 2 is 2.12 bits per heavy atom. The maximum absolute atomic E-state index is 15.5. The number of nitrogens with one attached hydrogen (secondary N) is 2. The number of allylic oxidation sites excluding steroid dienone is 4. The lowest BCUT2D eigenvalue weighted by Gasteiger charge is -2.46. The van der Waals surface area contributed by atoms with Crippen LogP contribution in [-0.2, 0) is 6.54 Å². The first-order valence-corrected chi connectivity index (χ1v) is 11.1. The molecule has 7 nitrogen and oxygen atoms in total. The lowest BCUT2D eigenvalue weighted by atomic mass is 9.79. The molecule has 1 aromatic heterocycles. The Labute approximate surface area is 191 Å². The van der Waals surface area contributed by atoms with Crippen LogP contribution in [0.4, 0.5) is 15.8 Å². The number of ether oxygens (including phenoxy) is 1. The van der Waals surface area contributed by atoms with Gasteiger partial charge in [0.1, 0.15) is 11.3 Å². The lowest BCUT2D eigenvalue weighted by Crippen LogP contribution is -2.49. The van der Waals surface area contributed by atoms with Crippen molar-refractivity contribution in [3.05, 3.63) is 64.4 Å². The second kappa shape index (κ2) is 8.77. The number of pyridine rings is 1. The number of anilines is 2. The molecule has 4 rings (SSSR count). The Hall–Kier alpha value is -3.55. The molecule has 4 N–H and O–H groups in total. The molecule has 2 aliphatic rings. The fourth-order valence-corrected chi connectivity index (χ4v) is 4.40. The van der Waals surface area contributed by atoms with Crippen molar-refractivity contribution in [2.24, 2.45) is 0 Å². The Balaban J connectivity index is 1.71. The number of nitrogen functional groups attached to an aromatic ring is 1. The molecule has 1 fully saturated rings. The summed E-state index contributed by atoms with van der Waals surface area (Å²) in [4.78, 5) is 25.1. The molecule has 174 valence electrons. The molecule has 0 amide bonds. The minimum Gasteiger partial charge on any atom is -0.481 e. The summed E-state index contributed by atoms with van der Waals surface area (Å²) in [6.07, 6.45) is 11.7. The summed E-state index contributed by atoms with van der Waals surface area (Å²) >= 11 is 0. The van der Waals surface area contributed by atoms with Crippen molar-refractivity contribution in [1.29, 1.82) is 0 Å². The molecule has 33 heavy (non-hydrogen) atoms. The highest BCUT2D eigenvalue weighted by molar-refractivity contribution is 6.04. The van der Waals surface area contributed by atoms with Gasteiger partial charge in [-0.1, -0.05) is 24.8 Å². The van der Waals surface area contributed by atoms with Crippen molar-refractivity contribution in [2.45, 2.75) is 45.3 Å². The summed E-state index contributed by atoms with van der Waals surface area (Å²) in [7, 11) is 0. The summed E-state index contributed by atoms with van der Waals surface area (Å²) in [5.41, 5.74) is 6.07. The van der Waals surface area contributed by atoms with Gasteiger partial charge in [0.2, 0.25) is 5.43 Å². The second-order valence-electron chi connectivity index (χ2n) is 8.61. The van der Waals surface area contributed by atoms with Crippen molar-refractivity contribution in [3.63, 3.8) is 0 Å². The third kappa shape index (κ3) is 4.01. The first kappa shape index (κ1) is 22.6. The highest BCUT2D eigenvalue weighted by Gasteiger charge is 2.45. The van der Waals surface area contributed by atoms with Gasteiger partial charge in [-0.05, 0) is 39.2 Å². The fraction of sp³-hybridized carbons (Fsp3) is 0.360. The van der Waals surface area contributed by atoms with E-state index in [9.17, 15) is 9.59 Å². The van der Waals surface area contributed by atoms with Crippen LogP contribution >= 0.6 is 0 Å². The van der Waals surface area contributed by atoms with Gasteiger partial charge in [-0.3, -0.25) is 9.59 Å². The van der Waals surface area contributed by atoms with Crippen molar-refractivity contribution >= 4 is 28.1 Å². The molecule has 0 radical (unpaired) electrons. The van der Waals surface area contributed by atoms with E-state index in [1.54, 1.807) is 6.20 Å². The molecule has 0 bridgehead atoms.